The Bertz CT molecular complexity index is 1220. The van der Waals surface area contributed by atoms with Crippen molar-refractivity contribution in [2.45, 2.75) is 46.0 Å². The van der Waals surface area contributed by atoms with Crippen molar-refractivity contribution >= 4 is 28.5 Å². The van der Waals surface area contributed by atoms with Crippen LogP contribution in [0.2, 0.25) is 0 Å². The predicted molar refractivity (Wildman–Crippen MR) is 142 cm³/mol. The first-order valence-electron chi connectivity index (χ1n) is 11.7. The zero-order valence-corrected chi connectivity index (χ0v) is 20.4. The Morgan fingerprint density at radius 3 is 2.27 bits per heavy atom. The lowest BCUT2D eigenvalue weighted by Crippen LogP contribution is -1.98. The van der Waals surface area contributed by atoms with Crippen LogP contribution in [0.15, 0.2) is 84.9 Å². The quantitative estimate of drug-likeness (QED) is 0.257. The Morgan fingerprint density at radius 2 is 1.55 bits per heavy atom. The van der Waals surface area contributed by atoms with Gasteiger partial charge < -0.3 is 5.32 Å². The summed E-state index contributed by atoms with van der Waals surface area (Å²) in [5.41, 5.74) is 7.13. The van der Waals surface area contributed by atoms with Crippen molar-refractivity contribution in [3.05, 3.63) is 106 Å². The molecule has 1 heterocycles. The van der Waals surface area contributed by atoms with Crippen molar-refractivity contribution in [2.75, 3.05) is 5.32 Å². The number of thiophene rings is 1. The van der Waals surface area contributed by atoms with Gasteiger partial charge in [-0.2, -0.15) is 0 Å². The number of Topliss-reactive ketones (excluding diaryl/α,β-unsaturated/α-hetero) is 1. The van der Waals surface area contributed by atoms with Gasteiger partial charge in [0.2, 0.25) is 0 Å². The van der Waals surface area contributed by atoms with Gasteiger partial charge in [-0.05, 0) is 77.4 Å². The molecule has 0 atom stereocenters. The standard InChI is InChI=1S/C30H31NOS/c1-4-22-11-13-23(14-12-22)15-16-28(32)30-18-17-29(33-30)25-8-6-10-27(20-25)31-26-9-5-7-24(19-26)21(2)3/h5-14,17-21,31H,4,15-16H2,1-3H3. The number of carbonyl (C=O) groups excluding carboxylic acids is 1. The largest absolute Gasteiger partial charge is 0.356 e. The third-order valence-corrected chi connectivity index (χ3v) is 7.12. The zero-order chi connectivity index (χ0) is 23.2. The fourth-order valence-corrected chi connectivity index (χ4v) is 4.83. The highest BCUT2D eigenvalue weighted by Crippen LogP contribution is 2.32. The van der Waals surface area contributed by atoms with Crippen LogP contribution in [0.3, 0.4) is 0 Å². The average Bonchev–Trinajstić information content (AvgIpc) is 3.34. The third kappa shape index (κ3) is 6.00. The fraction of sp³-hybridized carbons (Fsp3) is 0.233. The number of benzene rings is 3. The molecule has 0 aliphatic heterocycles. The van der Waals surface area contributed by atoms with Gasteiger partial charge in [-0.15, -0.1) is 11.3 Å². The van der Waals surface area contributed by atoms with Crippen molar-refractivity contribution in [3.63, 3.8) is 0 Å². The fourth-order valence-electron chi connectivity index (χ4n) is 3.86. The molecular formula is C30H31NOS. The average molecular weight is 454 g/mol. The molecule has 1 N–H and O–H groups in total. The summed E-state index contributed by atoms with van der Waals surface area (Å²) in [6.07, 6.45) is 2.36. The number of anilines is 2. The van der Waals surface area contributed by atoms with E-state index in [-0.39, 0.29) is 5.78 Å². The van der Waals surface area contributed by atoms with Crippen molar-refractivity contribution in [3.8, 4) is 10.4 Å². The molecule has 168 valence electrons. The molecule has 0 radical (unpaired) electrons. The molecule has 1 aromatic heterocycles. The van der Waals surface area contributed by atoms with E-state index in [1.165, 1.54) is 16.7 Å². The van der Waals surface area contributed by atoms with Crippen LogP contribution < -0.4 is 5.32 Å². The number of nitrogens with one attached hydrogen (secondary N) is 1. The predicted octanol–water partition coefficient (Wildman–Crippen LogP) is 8.66. The molecule has 0 aliphatic carbocycles. The molecule has 4 rings (SSSR count). The maximum atomic E-state index is 12.8. The SMILES string of the molecule is CCc1ccc(CCC(=O)c2ccc(-c3cccc(Nc4cccc(C(C)C)c4)c3)s2)cc1. The summed E-state index contributed by atoms with van der Waals surface area (Å²) in [6, 6.07) is 29.6. The van der Waals surface area contributed by atoms with Crippen molar-refractivity contribution in [1.29, 1.82) is 0 Å². The summed E-state index contributed by atoms with van der Waals surface area (Å²) in [5.74, 6) is 0.710. The third-order valence-electron chi connectivity index (χ3n) is 5.94. The molecule has 0 bridgehead atoms. The number of ketones is 1. The summed E-state index contributed by atoms with van der Waals surface area (Å²) >= 11 is 1.58. The van der Waals surface area contributed by atoms with Crippen LogP contribution in [0, 0.1) is 0 Å². The van der Waals surface area contributed by atoms with E-state index in [1.807, 2.05) is 6.07 Å². The molecule has 0 aliphatic rings. The van der Waals surface area contributed by atoms with Crippen LogP contribution in [-0.4, -0.2) is 5.78 Å². The molecule has 0 saturated carbocycles. The van der Waals surface area contributed by atoms with E-state index in [0.717, 1.165) is 39.5 Å². The lowest BCUT2D eigenvalue weighted by Gasteiger charge is -2.11. The van der Waals surface area contributed by atoms with Gasteiger partial charge >= 0.3 is 0 Å². The van der Waals surface area contributed by atoms with Crippen LogP contribution in [0.25, 0.3) is 10.4 Å². The molecule has 0 unspecified atom stereocenters. The van der Waals surface area contributed by atoms with E-state index >= 15 is 0 Å². The van der Waals surface area contributed by atoms with E-state index < -0.39 is 0 Å². The number of carbonyl (C=O) groups is 1. The van der Waals surface area contributed by atoms with E-state index in [2.05, 4.69) is 105 Å². The minimum atomic E-state index is 0.214. The van der Waals surface area contributed by atoms with E-state index in [9.17, 15) is 4.79 Å². The monoisotopic (exact) mass is 453 g/mol. The minimum absolute atomic E-state index is 0.214. The molecular weight excluding hydrogens is 422 g/mol. The Morgan fingerprint density at radius 1 is 0.848 bits per heavy atom. The maximum absolute atomic E-state index is 12.8. The first-order valence-corrected chi connectivity index (χ1v) is 12.5. The molecule has 0 saturated heterocycles. The number of rotatable bonds is 9. The lowest BCUT2D eigenvalue weighted by atomic mass is 10.0. The Labute approximate surface area is 201 Å². The highest BCUT2D eigenvalue weighted by atomic mass is 32.1. The summed E-state index contributed by atoms with van der Waals surface area (Å²) < 4.78 is 0. The van der Waals surface area contributed by atoms with Crippen LogP contribution in [-0.2, 0) is 12.8 Å². The second-order valence-corrected chi connectivity index (χ2v) is 9.83. The second kappa shape index (κ2) is 10.6. The van der Waals surface area contributed by atoms with Gasteiger partial charge in [-0.1, -0.05) is 69.3 Å². The van der Waals surface area contributed by atoms with Gasteiger partial charge in [0.1, 0.15) is 0 Å². The molecule has 0 fully saturated rings. The topological polar surface area (TPSA) is 29.1 Å². The van der Waals surface area contributed by atoms with Crippen LogP contribution in [0.5, 0.6) is 0 Å². The summed E-state index contributed by atoms with van der Waals surface area (Å²) in [5, 5.41) is 3.52. The van der Waals surface area contributed by atoms with E-state index in [1.54, 1.807) is 11.3 Å². The molecule has 0 spiro atoms. The van der Waals surface area contributed by atoms with Crippen LogP contribution >= 0.6 is 11.3 Å². The highest BCUT2D eigenvalue weighted by Gasteiger charge is 2.11. The zero-order valence-electron chi connectivity index (χ0n) is 19.6. The van der Waals surface area contributed by atoms with Crippen LogP contribution in [0.4, 0.5) is 11.4 Å². The molecule has 4 aromatic rings. The van der Waals surface area contributed by atoms with Gasteiger partial charge in [0.05, 0.1) is 4.88 Å². The van der Waals surface area contributed by atoms with Crippen molar-refractivity contribution in [2.24, 2.45) is 0 Å². The number of hydrogen-bond acceptors (Lipinski definition) is 3. The number of aryl methyl sites for hydroxylation is 2. The number of hydrogen-bond donors (Lipinski definition) is 1. The minimum Gasteiger partial charge on any atom is -0.356 e. The normalized spacial score (nSPS) is 11.0. The van der Waals surface area contributed by atoms with Gasteiger partial charge in [-0.3, -0.25) is 4.79 Å². The molecule has 3 heteroatoms. The maximum Gasteiger partial charge on any atom is 0.173 e. The molecule has 2 nitrogen and oxygen atoms in total. The van der Waals surface area contributed by atoms with Gasteiger partial charge in [0, 0.05) is 22.7 Å². The van der Waals surface area contributed by atoms with Gasteiger partial charge in [0.25, 0.3) is 0 Å². The van der Waals surface area contributed by atoms with Crippen LogP contribution in [0.1, 0.15) is 59.5 Å². The van der Waals surface area contributed by atoms with E-state index in [4.69, 9.17) is 0 Å². The summed E-state index contributed by atoms with van der Waals surface area (Å²) in [4.78, 5) is 14.7. The summed E-state index contributed by atoms with van der Waals surface area (Å²) in [7, 11) is 0. The van der Waals surface area contributed by atoms with Crippen molar-refractivity contribution in [1.82, 2.24) is 0 Å². The Kier molecular flexibility index (Phi) is 7.41. The molecule has 0 amide bonds. The van der Waals surface area contributed by atoms with Gasteiger partial charge in [-0.25, -0.2) is 0 Å². The van der Waals surface area contributed by atoms with Gasteiger partial charge in [0.15, 0.2) is 5.78 Å². The Balaban J connectivity index is 1.42. The molecule has 3 aromatic carbocycles. The smallest absolute Gasteiger partial charge is 0.173 e. The summed E-state index contributed by atoms with van der Waals surface area (Å²) in [6.45, 7) is 6.57. The Hall–Kier alpha value is -3.17. The molecule has 33 heavy (non-hydrogen) atoms. The first-order chi connectivity index (χ1) is 16.0. The highest BCUT2D eigenvalue weighted by molar-refractivity contribution is 7.17. The lowest BCUT2D eigenvalue weighted by molar-refractivity contribution is 0.0986. The van der Waals surface area contributed by atoms with Crippen molar-refractivity contribution < 1.29 is 4.79 Å². The first kappa shape index (κ1) is 23.0. The van der Waals surface area contributed by atoms with E-state index in [0.29, 0.717) is 12.3 Å². The second-order valence-electron chi connectivity index (χ2n) is 8.74.